The van der Waals surface area contributed by atoms with Gasteiger partial charge in [0.15, 0.2) is 5.78 Å². The molecule has 0 spiro atoms. The molecule has 0 heterocycles. The SMILES string of the molecule is CC(Br)C(=O)c1c(CC(=O)O)cccc1C(F)F. The van der Waals surface area contributed by atoms with E-state index < -0.39 is 35.0 Å². The van der Waals surface area contributed by atoms with E-state index in [0.717, 1.165) is 6.07 Å². The van der Waals surface area contributed by atoms with Crippen LogP contribution < -0.4 is 0 Å². The van der Waals surface area contributed by atoms with E-state index >= 15 is 0 Å². The summed E-state index contributed by atoms with van der Waals surface area (Å²) in [6.45, 7) is 1.51. The molecule has 1 aromatic rings. The molecule has 1 rings (SSSR count). The van der Waals surface area contributed by atoms with Crippen molar-refractivity contribution in [3.05, 3.63) is 34.9 Å². The van der Waals surface area contributed by atoms with Gasteiger partial charge in [0.25, 0.3) is 6.43 Å². The molecule has 0 aliphatic carbocycles. The highest BCUT2D eigenvalue weighted by atomic mass is 79.9. The molecule has 0 radical (unpaired) electrons. The summed E-state index contributed by atoms with van der Waals surface area (Å²) in [5.41, 5.74) is -0.513. The second kappa shape index (κ2) is 6.04. The van der Waals surface area contributed by atoms with Crippen LogP contribution in [0.4, 0.5) is 8.78 Å². The van der Waals surface area contributed by atoms with E-state index in [2.05, 4.69) is 15.9 Å². The summed E-state index contributed by atoms with van der Waals surface area (Å²) in [7, 11) is 0. The fraction of sp³-hybridized carbons (Fsp3) is 0.333. The molecule has 1 unspecified atom stereocenters. The van der Waals surface area contributed by atoms with Crippen LogP contribution in [0.5, 0.6) is 0 Å². The summed E-state index contributed by atoms with van der Waals surface area (Å²) >= 11 is 3.02. The molecule has 0 fully saturated rings. The van der Waals surface area contributed by atoms with Gasteiger partial charge in [-0.2, -0.15) is 0 Å². The van der Waals surface area contributed by atoms with Gasteiger partial charge < -0.3 is 5.11 Å². The Hall–Kier alpha value is -1.30. The first-order valence-corrected chi connectivity index (χ1v) is 6.06. The van der Waals surface area contributed by atoms with E-state index in [-0.39, 0.29) is 11.1 Å². The van der Waals surface area contributed by atoms with Crippen LogP contribution in [0.25, 0.3) is 0 Å². The molecule has 0 saturated carbocycles. The first kappa shape index (κ1) is 14.8. The fourth-order valence-electron chi connectivity index (χ4n) is 1.61. The maximum atomic E-state index is 12.9. The molecular weight excluding hydrogens is 310 g/mol. The number of halogens is 3. The molecule has 3 nitrogen and oxygen atoms in total. The Balaban J connectivity index is 3.38. The lowest BCUT2D eigenvalue weighted by atomic mass is 9.94. The quantitative estimate of drug-likeness (QED) is 0.669. The predicted molar refractivity (Wildman–Crippen MR) is 65.5 cm³/mol. The molecule has 18 heavy (non-hydrogen) atoms. The van der Waals surface area contributed by atoms with Crippen molar-refractivity contribution in [1.29, 1.82) is 0 Å². The lowest BCUT2D eigenvalue weighted by Gasteiger charge is -2.13. The summed E-state index contributed by atoms with van der Waals surface area (Å²) in [6.07, 6.45) is -3.27. The lowest BCUT2D eigenvalue weighted by Crippen LogP contribution is -2.17. The number of alkyl halides is 3. The molecule has 1 N–H and O–H groups in total. The molecule has 0 amide bonds. The number of hydrogen-bond donors (Lipinski definition) is 1. The molecular formula is C12H11BrF2O3. The maximum Gasteiger partial charge on any atom is 0.307 e. The van der Waals surface area contributed by atoms with Gasteiger partial charge in [-0.25, -0.2) is 8.78 Å². The van der Waals surface area contributed by atoms with Gasteiger partial charge in [-0.05, 0) is 12.5 Å². The highest BCUT2D eigenvalue weighted by molar-refractivity contribution is 9.10. The average molecular weight is 321 g/mol. The van der Waals surface area contributed by atoms with Crippen molar-refractivity contribution >= 4 is 27.7 Å². The molecule has 0 aromatic heterocycles. The monoisotopic (exact) mass is 320 g/mol. The van der Waals surface area contributed by atoms with E-state index in [1.54, 1.807) is 0 Å². The van der Waals surface area contributed by atoms with Crippen LogP contribution in [0, 0.1) is 0 Å². The molecule has 1 aromatic carbocycles. The van der Waals surface area contributed by atoms with E-state index in [9.17, 15) is 18.4 Å². The van der Waals surface area contributed by atoms with Crippen molar-refractivity contribution in [1.82, 2.24) is 0 Å². The number of benzene rings is 1. The second-order valence-corrected chi connectivity index (χ2v) is 5.11. The molecule has 98 valence electrons. The molecule has 0 aliphatic heterocycles. The number of rotatable bonds is 5. The van der Waals surface area contributed by atoms with E-state index in [1.807, 2.05) is 0 Å². The minimum atomic E-state index is -2.82. The van der Waals surface area contributed by atoms with Crippen molar-refractivity contribution in [3.8, 4) is 0 Å². The zero-order chi connectivity index (χ0) is 13.9. The van der Waals surface area contributed by atoms with Crippen LogP contribution >= 0.6 is 15.9 Å². The highest BCUT2D eigenvalue weighted by Gasteiger charge is 2.24. The third-order valence-corrected chi connectivity index (χ3v) is 2.78. The Morgan fingerprint density at radius 2 is 2.00 bits per heavy atom. The van der Waals surface area contributed by atoms with Crippen LogP contribution in [0.1, 0.15) is 34.8 Å². The number of carboxylic acids is 1. The Labute approximate surface area is 111 Å². The highest BCUT2D eigenvalue weighted by Crippen LogP contribution is 2.28. The van der Waals surface area contributed by atoms with E-state index in [4.69, 9.17) is 5.11 Å². The summed E-state index contributed by atoms with van der Waals surface area (Å²) in [4.78, 5) is 21.9. The molecule has 0 bridgehead atoms. The zero-order valence-corrected chi connectivity index (χ0v) is 11.1. The van der Waals surface area contributed by atoms with Crippen molar-refractivity contribution in [2.24, 2.45) is 0 Å². The Kier molecular flexibility index (Phi) is 4.95. The van der Waals surface area contributed by atoms with Gasteiger partial charge in [0.1, 0.15) is 0 Å². The Bertz CT molecular complexity index is 472. The number of hydrogen-bond acceptors (Lipinski definition) is 2. The van der Waals surface area contributed by atoms with Crippen LogP contribution in [0.15, 0.2) is 18.2 Å². The van der Waals surface area contributed by atoms with Gasteiger partial charge in [0.2, 0.25) is 0 Å². The molecule has 6 heteroatoms. The van der Waals surface area contributed by atoms with E-state index in [0.29, 0.717) is 0 Å². The number of carbonyl (C=O) groups is 2. The van der Waals surface area contributed by atoms with Crippen LogP contribution in [-0.2, 0) is 11.2 Å². The largest absolute Gasteiger partial charge is 0.481 e. The van der Waals surface area contributed by atoms with Crippen molar-refractivity contribution in [2.75, 3.05) is 0 Å². The number of carboxylic acid groups (broad SMARTS) is 1. The molecule has 1 atom stereocenters. The Morgan fingerprint density at radius 3 is 2.44 bits per heavy atom. The predicted octanol–water partition coefficient (Wildman–Crippen LogP) is 3.22. The number of aliphatic carboxylic acids is 1. The standard InChI is InChI=1S/C12H11BrF2O3/c1-6(13)11(18)10-7(5-9(16)17)3-2-4-8(10)12(14)15/h2-4,6,12H,5H2,1H3,(H,16,17). The molecule has 0 saturated heterocycles. The zero-order valence-electron chi connectivity index (χ0n) is 9.49. The normalized spacial score (nSPS) is 12.5. The smallest absolute Gasteiger partial charge is 0.307 e. The summed E-state index contributed by atoms with van der Waals surface area (Å²) in [5.74, 6) is -1.71. The van der Waals surface area contributed by atoms with Crippen LogP contribution in [-0.4, -0.2) is 21.7 Å². The summed E-state index contributed by atoms with van der Waals surface area (Å²) in [5, 5.41) is 8.73. The number of ketones is 1. The van der Waals surface area contributed by atoms with E-state index in [1.165, 1.54) is 19.1 Å². The Morgan fingerprint density at radius 1 is 1.39 bits per heavy atom. The first-order chi connectivity index (χ1) is 8.34. The van der Waals surface area contributed by atoms with Gasteiger partial charge in [-0.15, -0.1) is 0 Å². The summed E-state index contributed by atoms with van der Waals surface area (Å²) < 4.78 is 25.7. The minimum absolute atomic E-state index is 0.108. The van der Waals surface area contributed by atoms with Gasteiger partial charge in [-0.3, -0.25) is 9.59 Å². The second-order valence-electron chi connectivity index (χ2n) is 3.73. The average Bonchev–Trinajstić information content (AvgIpc) is 2.26. The topological polar surface area (TPSA) is 54.4 Å². The van der Waals surface area contributed by atoms with Gasteiger partial charge in [-0.1, -0.05) is 34.1 Å². The van der Waals surface area contributed by atoms with Crippen LogP contribution in [0.2, 0.25) is 0 Å². The number of Topliss-reactive ketones (excluding diaryl/α,β-unsaturated/α-hetero) is 1. The fourth-order valence-corrected chi connectivity index (χ4v) is 1.84. The van der Waals surface area contributed by atoms with Crippen molar-refractivity contribution < 1.29 is 23.5 Å². The minimum Gasteiger partial charge on any atom is -0.481 e. The first-order valence-electron chi connectivity index (χ1n) is 5.14. The van der Waals surface area contributed by atoms with Gasteiger partial charge >= 0.3 is 5.97 Å². The maximum absolute atomic E-state index is 12.9. The van der Waals surface area contributed by atoms with Gasteiger partial charge in [0, 0.05) is 11.1 Å². The van der Waals surface area contributed by atoms with Crippen LogP contribution in [0.3, 0.4) is 0 Å². The third kappa shape index (κ3) is 3.35. The molecule has 0 aliphatic rings. The third-order valence-electron chi connectivity index (χ3n) is 2.37. The summed E-state index contributed by atoms with van der Waals surface area (Å²) in [6, 6.07) is 3.84. The van der Waals surface area contributed by atoms with Crippen molar-refractivity contribution in [3.63, 3.8) is 0 Å². The van der Waals surface area contributed by atoms with Gasteiger partial charge in [0.05, 0.1) is 11.2 Å². The number of carbonyl (C=O) groups excluding carboxylic acids is 1. The lowest BCUT2D eigenvalue weighted by molar-refractivity contribution is -0.136. The van der Waals surface area contributed by atoms with Crippen molar-refractivity contribution in [2.45, 2.75) is 24.6 Å².